The van der Waals surface area contributed by atoms with E-state index in [1.165, 1.54) is 10.9 Å². The fraction of sp³-hybridized carbons (Fsp3) is 0.455. The number of aromatic amines is 1. The van der Waals surface area contributed by atoms with Crippen molar-refractivity contribution in [2.24, 2.45) is 0 Å². The topological polar surface area (TPSA) is 154 Å². The number of nitrogen functional groups attached to an aromatic ring is 1. The van der Waals surface area contributed by atoms with Crippen LogP contribution in [0.3, 0.4) is 0 Å². The van der Waals surface area contributed by atoms with E-state index < -0.39 is 23.4 Å². The Kier molecular flexibility index (Phi) is 2.45. The number of aliphatic hydroxyl groups is 2. The first kappa shape index (κ1) is 13.3. The van der Waals surface area contributed by atoms with Crippen molar-refractivity contribution < 1.29 is 19.5 Å². The summed E-state index contributed by atoms with van der Waals surface area (Å²) < 4.78 is 8.25. The van der Waals surface area contributed by atoms with E-state index in [4.69, 9.17) is 10.5 Å². The number of aromatic nitrogens is 4. The smallest absolute Gasteiger partial charge is 0.314 e. The van der Waals surface area contributed by atoms with Gasteiger partial charge < -0.3 is 20.7 Å². The van der Waals surface area contributed by atoms with Crippen molar-refractivity contribution in [1.29, 1.82) is 5.26 Å². The highest BCUT2D eigenvalue weighted by Crippen LogP contribution is 2.54. The van der Waals surface area contributed by atoms with Gasteiger partial charge in [0.1, 0.15) is 6.10 Å². The zero-order valence-corrected chi connectivity index (χ0v) is 11.2. The number of hydrogen-bond acceptors (Lipinski definition) is 7. The molecule has 0 amide bonds. The van der Waals surface area contributed by atoms with E-state index in [2.05, 4.69) is 9.97 Å². The zero-order valence-electron chi connectivity index (χ0n) is 11.2. The molecule has 2 aromatic heterocycles. The van der Waals surface area contributed by atoms with Crippen LogP contribution in [0.4, 0.5) is 5.95 Å². The number of nitriles is 1. The van der Waals surface area contributed by atoms with E-state index in [-0.39, 0.29) is 29.5 Å². The minimum atomic E-state index is -1.03. The predicted molar refractivity (Wildman–Crippen MR) is 71.4 cm³/mol. The Balaban J connectivity index is 1.95. The number of anilines is 1. The lowest BCUT2D eigenvalue weighted by Crippen LogP contribution is -2.50. The van der Waals surface area contributed by atoms with Crippen molar-refractivity contribution in [2.45, 2.75) is 23.6 Å². The van der Waals surface area contributed by atoms with E-state index >= 15 is 0 Å². The number of nitrogens with two attached hydrogens (primary N) is 1. The molecule has 4 rings (SSSR count). The molecule has 0 unspecified atom stereocenters. The van der Waals surface area contributed by atoms with Crippen LogP contribution >= 0.6 is 0 Å². The van der Waals surface area contributed by atoms with Crippen LogP contribution in [0.1, 0.15) is 0 Å². The Bertz CT molecular complexity index is 887. The minimum absolute atomic E-state index is 0.0377. The number of nitrogens with one attached hydrogen (secondary N) is 1. The highest BCUT2D eigenvalue weighted by atomic mass is 16.6. The summed E-state index contributed by atoms with van der Waals surface area (Å²) >= 11 is 0. The van der Waals surface area contributed by atoms with Crippen molar-refractivity contribution in [3.63, 3.8) is 0 Å². The molecule has 22 heavy (non-hydrogen) atoms. The zero-order chi connectivity index (χ0) is 15.6. The highest BCUT2D eigenvalue weighted by molar-refractivity contribution is 6.54. The van der Waals surface area contributed by atoms with Crippen molar-refractivity contribution in [3.05, 3.63) is 16.7 Å². The Morgan fingerprint density at radius 2 is 2.50 bits per heavy atom. The number of ether oxygens (including phenoxy) is 1. The summed E-state index contributed by atoms with van der Waals surface area (Å²) in [6, 6.07) is 0. The maximum Gasteiger partial charge on any atom is 0.314 e. The number of aliphatic hydroxyl groups excluding tert-OH is 2. The van der Waals surface area contributed by atoms with Gasteiger partial charge in [-0.15, -0.1) is 0 Å². The molecule has 0 spiro atoms. The van der Waals surface area contributed by atoms with E-state index in [0.717, 1.165) is 4.57 Å². The van der Waals surface area contributed by atoms with Crippen LogP contribution in [0.5, 0.6) is 0 Å². The molecule has 111 valence electrons. The normalized spacial score (nSPS) is 32.5. The molecule has 2 aromatic rings. The lowest BCUT2D eigenvalue weighted by molar-refractivity contribution is -0.748. The van der Waals surface area contributed by atoms with Gasteiger partial charge >= 0.3 is 5.65 Å². The summed E-state index contributed by atoms with van der Waals surface area (Å²) in [5, 5.41) is 28.5. The van der Waals surface area contributed by atoms with Crippen LogP contribution in [0.2, 0.25) is 5.82 Å². The number of H-pyrrole nitrogens is 1. The molecule has 0 aliphatic carbocycles. The summed E-state index contributed by atoms with van der Waals surface area (Å²) in [5.41, 5.74) is 4.20. The van der Waals surface area contributed by atoms with Gasteiger partial charge in [0.05, 0.1) is 12.7 Å². The standard InChI is InChI=1S/C11H10BN6O4/c13-2-17-3-18(8-5(17)9(21)16-10(14)15-8)11-7(12-11)6(20)4(1-19)22-11/h3-4,6-7,19-20H,1H2,(H2-,14,15,16,21)/p+1/t4-,6-,7-,11+/m1/s1. The third-order valence-corrected chi connectivity index (χ3v) is 4.13. The summed E-state index contributed by atoms with van der Waals surface area (Å²) in [6.45, 7) is -0.332. The van der Waals surface area contributed by atoms with Gasteiger partial charge in [0.25, 0.3) is 23.2 Å². The Hall–Kier alpha value is -2.42. The first-order valence-corrected chi connectivity index (χ1v) is 6.57. The molecular formula is C11H11BN6O4+. The number of rotatable bonds is 2. The van der Waals surface area contributed by atoms with E-state index in [1.807, 2.05) is 6.19 Å². The van der Waals surface area contributed by atoms with Gasteiger partial charge in [0.15, 0.2) is 5.62 Å². The average Bonchev–Trinajstić information content (AvgIpc) is 2.98. The first-order chi connectivity index (χ1) is 10.5. The van der Waals surface area contributed by atoms with Gasteiger partial charge in [-0.05, 0) is 0 Å². The quantitative estimate of drug-likeness (QED) is 0.336. The molecule has 2 fully saturated rings. The molecule has 0 saturated carbocycles. The number of fused-ring (bicyclic) bond motifs is 2. The average molecular weight is 302 g/mol. The maximum atomic E-state index is 12.0. The summed E-state index contributed by atoms with van der Waals surface area (Å²) in [6.07, 6.45) is 1.63. The summed E-state index contributed by atoms with van der Waals surface area (Å²) in [4.78, 5) is 18.4. The fourth-order valence-corrected chi connectivity index (χ4v) is 3.07. The Labute approximate surface area is 123 Å². The van der Waals surface area contributed by atoms with Gasteiger partial charge in [0.2, 0.25) is 13.6 Å². The molecule has 10 nitrogen and oxygen atoms in total. The van der Waals surface area contributed by atoms with E-state index in [0.29, 0.717) is 0 Å². The second kappa shape index (κ2) is 4.07. The predicted octanol–water partition coefficient (Wildman–Crippen LogP) is -3.21. The molecule has 2 aliphatic rings. The summed E-state index contributed by atoms with van der Waals surface area (Å²) in [7, 11) is 1.73. The molecule has 11 heteroatoms. The third kappa shape index (κ3) is 1.46. The molecule has 4 atom stereocenters. The van der Waals surface area contributed by atoms with Gasteiger partial charge in [-0.25, -0.2) is 4.57 Å². The molecule has 2 saturated heterocycles. The SMILES string of the molecule is N#Cn1c[n+]([C@@]23[B][C@@H]2[C@H](O)[C@@H](CO)O3)c2nc(N)[nH]c(=O)c21. The second-order valence-corrected chi connectivity index (χ2v) is 5.35. The first-order valence-electron chi connectivity index (χ1n) is 6.57. The van der Waals surface area contributed by atoms with Crippen molar-refractivity contribution in [3.8, 4) is 6.19 Å². The van der Waals surface area contributed by atoms with Crippen LogP contribution < -0.4 is 15.9 Å². The van der Waals surface area contributed by atoms with Crippen molar-refractivity contribution in [2.75, 3.05) is 12.3 Å². The Morgan fingerprint density at radius 1 is 1.73 bits per heavy atom. The van der Waals surface area contributed by atoms with E-state index in [9.17, 15) is 20.3 Å². The van der Waals surface area contributed by atoms with Crippen LogP contribution in [-0.4, -0.2) is 50.8 Å². The van der Waals surface area contributed by atoms with Gasteiger partial charge in [-0.2, -0.15) is 9.83 Å². The lowest BCUT2D eigenvalue weighted by Gasteiger charge is -2.16. The van der Waals surface area contributed by atoms with Crippen molar-refractivity contribution in [1.82, 2.24) is 14.5 Å². The number of hydrogen-bond donors (Lipinski definition) is 4. The molecule has 1 radical (unpaired) electrons. The molecule has 0 aromatic carbocycles. The van der Waals surface area contributed by atoms with Crippen LogP contribution in [0, 0.1) is 11.5 Å². The summed E-state index contributed by atoms with van der Waals surface area (Å²) in [5.74, 6) is -0.442. The van der Waals surface area contributed by atoms with Crippen molar-refractivity contribution >= 4 is 24.4 Å². The number of imidazole rings is 1. The molecule has 5 N–H and O–H groups in total. The minimum Gasteiger partial charge on any atom is -0.394 e. The van der Waals surface area contributed by atoms with Gasteiger partial charge in [0, 0.05) is 5.82 Å². The van der Waals surface area contributed by atoms with Gasteiger partial charge in [-0.3, -0.25) is 9.78 Å². The molecular weight excluding hydrogens is 291 g/mol. The Morgan fingerprint density at radius 3 is 3.14 bits per heavy atom. The molecule has 2 aliphatic heterocycles. The van der Waals surface area contributed by atoms with Crippen LogP contribution in [0.15, 0.2) is 11.1 Å². The third-order valence-electron chi connectivity index (χ3n) is 4.13. The van der Waals surface area contributed by atoms with Crippen LogP contribution in [0.25, 0.3) is 11.2 Å². The fourth-order valence-electron chi connectivity index (χ4n) is 3.07. The largest absolute Gasteiger partial charge is 0.394 e. The molecule has 4 heterocycles. The van der Waals surface area contributed by atoms with Gasteiger partial charge in [-0.1, -0.05) is 4.98 Å². The lowest BCUT2D eigenvalue weighted by atomic mass is 9.93. The highest BCUT2D eigenvalue weighted by Gasteiger charge is 2.72. The molecule has 0 bridgehead atoms. The maximum absolute atomic E-state index is 12.0. The van der Waals surface area contributed by atoms with E-state index in [1.54, 1.807) is 7.28 Å². The second-order valence-electron chi connectivity index (χ2n) is 5.35. The van der Waals surface area contributed by atoms with Crippen LogP contribution in [-0.2, 0) is 10.4 Å². The monoisotopic (exact) mass is 302 g/mol. The number of nitrogens with zero attached hydrogens (tertiary/aromatic N) is 4.